The Balaban J connectivity index is 2.78. The third-order valence-corrected chi connectivity index (χ3v) is 5.29. The molecule has 0 aliphatic carbocycles. The van der Waals surface area contributed by atoms with Crippen LogP contribution in [0.2, 0.25) is 5.32 Å². The zero-order valence-electron chi connectivity index (χ0n) is 13.7. The summed E-state index contributed by atoms with van der Waals surface area (Å²) in [7, 11) is 0. The molecular weight excluding hydrogens is 370 g/mol. The summed E-state index contributed by atoms with van der Waals surface area (Å²) in [6.45, 7) is 6.24. The van der Waals surface area contributed by atoms with E-state index >= 15 is 0 Å². The van der Waals surface area contributed by atoms with Crippen molar-refractivity contribution < 1.29 is 18.0 Å². The summed E-state index contributed by atoms with van der Waals surface area (Å²) >= 11 is -1.44. The minimum atomic E-state index is -4.11. The van der Waals surface area contributed by atoms with E-state index in [1.807, 2.05) is 24.3 Å². The monoisotopic (exact) mass is 395 g/mol. The van der Waals surface area contributed by atoms with Crippen molar-refractivity contribution in [1.29, 1.82) is 0 Å². The summed E-state index contributed by atoms with van der Waals surface area (Å²) in [6.07, 6.45) is 1.29. The van der Waals surface area contributed by atoms with E-state index < -0.39 is 20.0 Å². The van der Waals surface area contributed by atoms with Crippen LogP contribution in [0.15, 0.2) is 24.3 Å². The van der Waals surface area contributed by atoms with E-state index in [0.717, 1.165) is 12.0 Å². The molecule has 1 aromatic rings. The van der Waals surface area contributed by atoms with Gasteiger partial charge in [-0.15, -0.1) is 0 Å². The van der Waals surface area contributed by atoms with E-state index in [9.17, 15) is 18.0 Å². The summed E-state index contributed by atoms with van der Waals surface area (Å²) in [5.41, 5.74) is 2.04. The van der Waals surface area contributed by atoms with Crippen molar-refractivity contribution >= 4 is 20.9 Å². The third kappa shape index (κ3) is 8.42. The molecule has 6 heteroatoms. The summed E-state index contributed by atoms with van der Waals surface area (Å²) < 4.78 is 37.6. The Hall–Kier alpha value is -1.00. The first kappa shape index (κ1) is 20.0. The van der Waals surface area contributed by atoms with E-state index in [0.29, 0.717) is 12.3 Å². The average Bonchev–Trinajstić information content (AvgIpc) is 2.46. The molecule has 1 aromatic carbocycles. The van der Waals surface area contributed by atoms with Crippen molar-refractivity contribution in [1.82, 2.24) is 5.32 Å². The van der Waals surface area contributed by atoms with Gasteiger partial charge in [-0.25, -0.2) is 0 Å². The van der Waals surface area contributed by atoms with Crippen molar-refractivity contribution in [2.45, 2.75) is 49.9 Å². The van der Waals surface area contributed by atoms with Gasteiger partial charge in [0.05, 0.1) is 0 Å². The first-order chi connectivity index (χ1) is 10.7. The van der Waals surface area contributed by atoms with E-state index in [1.54, 1.807) is 6.92 Å². The zero-order chi connectivity index (χ0) is 17.5. The molecule has 1 amide bonds. The molecule has 0 aromatic heterocycles. The number of rotatable bonds is 8. The van der Waals surface area contributed by atoms with Crippen LogP contribution in [0.25, 0.3) is 0 Å². The fraction of sp³-hybridized carbons (Fsp3) is 0.588. The van der Waals surface area contributed by atoms with Gasteiger partial charge in [0.25, 0.3) is 0 Å². The van der Waals surface area contributed by atoms with Crippen molar-refractivity contribution in [3.05, 3.63) is 35.4 Å². The maximum atomic E-state index is 12.5. The SMILES string of the molecule is CCC(=O)NCC(C[Se]C(F)(F)F)c1ccc(CC(C)C)cc1. The molecule has 0 aliphatic heterocycles. The maximum absolute atomic E-state index is 12.5. The topological polar surface area (TPSA) is 29.1 Å². The molecule has 1 unspecified atom stereocenters. The molecule has 1 rings (SSSR count). The van der Waals surface area contributed by atoms with Crippen LogP contribution >= 0.6 is 0 Å². The Morgan fingerprint density at radius 3 is 2.30 bits per heavy atom. The van der Waals surface area contributed by atoms with Gasteiger partial charge in [-0.05, 0) is 0 Å². The van der Waals surface area contributed by atoms with Crippen LogP contribution in [0.4, 0.5) is 13.2 Å². The molecule has 0 fully saturated rings. The second-order valence-electron chi connectivity index (χ2n) is 5.95. The van der Waals surface area contributed by atoms with E-state index in [4.69, 9.17) is 0 Å². The van der Waals surface area contributed by atoms with Crippen LogP contribution in [0, 0.1) is 5.92 Å². The van der Waals surface area contributed by atoms with Crippen molar-refractivity contribution in [3.8, 4) is 0 Å². The summed E-state index contributed by atoms with van der Waals surface area (Å²) in [5.74, 6) is 0.111. The minimum absolute atomic E-state index is 0.0457. The molecule has 0 bridgehead atoms. The van der Waals surface area contributed by atoms with E-state index in [1.165, 1.54) is 5.56 Å². The number of amides is 1. The number of benzene rings is 1. The molecule has 0 saturated heterocycles. The van der Waals surface area contributed by atoms with Gasteiger partial charge in [0.2, 0.25) is 0 Å². The molecule has 130 valence electrons. The van der Waals surface area contributed by atoms with Crippen molar-refractivity contribution in [2.75, 3.05) is 6.54 Å². The van der Waals surface area contributed by atoms with Crippen LogP contribution < -0.4 is 5.32 Å². The Morgan fingerprint density at radius 2 is 1.83 bits per heavy atom. The average molecular weight is 394 g/mol. The number of halogens is 3. The summed E-state index contributed by atoms with van der Waals surface area (Å²) in [5, 5.41) is -1.35. The molecule has 1 N–H and O–H groups in total. The predicted octanol–water partition coefficient (Wildman–Crippen LogP) is 4.14. The first-order valence-corrected chi connectivity index (χ1v) is 9.84. The van der Waals surface area contributed by atoms with Gasteiger partial charge in [-0.3, -0.25) is 0 Å². The third-order valence-electron chi connectivity index (χ3n) is 3.41. The molecule has 0 aliphatic rings. The van der Waals surface area contributed by atoms with Crippen LogP contribution in [0.5, 0.6) is 0 Å². The molecule has 0 saturated carbocycles. The van der Waals surface area contributed by atoms with Gasteiger partial charge in [0.15, 0.2) is 0 Å². The number of nitrogens with one attached hydrogen (secondary N) is 1. The predicted molar refractivity (Wildman–Crippen MR) is 87.6 cm³/mol. The number of alkyl halides is 3. The van der Waals surface area contributed by atoms with Gasteiger partial charge in [-0.1, -0.05) is 0 Å². The Bertz CT molecular complexity index is 486. The van der Waals surface area contributed by atoms with E-state index in [2.05, 4.69) is 19.2 Å². The van der Waals surface area contributed by atoms with Crippen molar-refractivity contribution in [2.24, 2.45) is 5.92 Å². The summed E-state index contributed by atoms with van der Waals surface area (Å²) in [6, 6.07) is 7.75. The second kappa shape index (κ2) is 9.33. The second-order valence-corrected chi connectivity index (χ2v) is 8.23. The Morgan fingerprint density at radius 1 is 1.22 bits per heavy atom. The number of hydrogen-bond acceptors (Lipinski definition) is 1. The van der Waals surface area contributed by atoms with Crippen LogP contribution in [0.3, 0.4) is 0 Å². The van der Waals surface area contributed by atoms with E-state index in [-0.39, 0.29) is 23.7 Å². The molecular formula is C17H24F3NOSe. The zero-order valence-corrected chi connectivity index (χ0v) is 15.5. The Kier molecular flexibility index (Phi) is 8.13. The number of carbonyl (C=O) groups is 1. The van der Waals surface area contributed by atoms with Crippen LogP contribution in [-0.4, -0.2) is 32.5 Å². The van der Waals surface area contributed by atoms with Crippen LogP contribution in [-0.2, 0) is 11.2 Å². The first-order valence-electron chi connectivity index (χ1n) is 7.77. The number of carbonyl (C=O) groups excluding carboxylic acids is 1. The standard InChI is InChI=1S/C17H24F3NOSe/c1-4-16(22)21-10-15(11-23-17(18,19)20)14-7-5-13(6-8-14)9-12(2)3/h5-8,12,15H,4,9-11H2,1-3H3,(H,21,22). The Labute approximate surface area is 142 Å². The van der Waals surface area contributed by atoms with Gasteiger partial charge in [0.1, 0.15) is 0 Å². The van der Waals surface area contributed by atoms with Crippen LogP contribution in [0.1, 0.15) is 44.2 Å². The fourth-order valence-electron chi connectivity index (χ4n) is 2.23. The van der Waals surface area contributed by atoms with Gasteiger partial charge < -0.3 is 0 Å². The molecule has 23 heavy (non-hydrogen) atoms. The molecule has 1 atom stereocenters. The van der Waals surface area contributed by atoms with Crippen molar-refractivity contribution in [3.63, 3.8) is 0 Å². The molecule has 2 nitrogen and oxygen atoms in total. The van der Waals surface area contributed by atoms with Gasteiger partial charge in [-0.2, -0.15) is 0 Å². The number of hydrogen-bond donors (Lipinski definition) is 1. The van der Waals surface area contributed by atoms with Gasteiger partial charge in [0, 0.05) is 0 Å². The normalized spacial score (nSPS) is 13.2. The summed E-state index contributed by atoms with van der Waals surface area (Å²) in [4.78, 5) is 11.4. The molecule has 0 spiro atoms. The van der Waals surface area contributed by atoms with Gasteiger partial charge >= 0.3 is 142 Å². The quantitative estimate of drug-likeness (QED) is 0.660. The fourth-order valence-corrected chi connectivity index (χ4v) is 3.70. The molecule has 0 radical (unpaired) electrons. The molecule has 0 heterocycles.